The minimum Gasteiger partial charge on any atom is -0.365 e. The van der Waals surface area contributed by atoms with Crippen LogP contribution in [0.4, 0.5) is 5.82 Å². The number of halogens is 1. The van der Waals surface area contributed by atoms with Crippen molar-refractivity contribution in [2.75, 3.05) is 5.32 Å². The zero-order valence-electron chi connectivity index (χ0n) is 12.2. The van der Waals surface area contributed by atoms with E-state index in [1.807, 2.05) is 13.8 Å². The zero-order chi connectivity index (χ0) is 13.8. The van der Waals surface area contributed by atoms with Crippen molar-refractivity contribution in [3.05, 3.63) is 16.5 Å². The maximum absolute atomic E-state index is 6.21. The van der Waals surface area contributed by atoms with Crippen molar-refractivity contribution in [2.45, 2.75) is 65.3 Å². The van der Waals surface area contributed by atoms with Gasteiger partial charge in [-0.05, 0) is 39.0 Å². The van der Waals surface area contributed by atoms with Gasteiger partial charge in [0.05, 0.1) is 11.4 Å². The Labute approximate surface area is 121 Å². The summed E-state index contributed by atoms with van der Waals surface area (Å²) in [7, 11) is 0. The highest BCUT2D eigenvalue weighted by molar-refractivity contribution is 6.31. The Morgan fingerprint density at radius 3 is 2.42 bits per heavy atom. The Morgan fingerprint density at radius 1 is 1.16 bits per heavy atom. The van der Waals surface area contributed by atoms with Gasteiger partial charge in [0, 0.05) is 6.04 Å². The fraction of sp³-hybridized carbons (Fsp3) is 0.733. The summed E-state index contributed by atoms with van der Waals surface area (Å²) in [5, 5.41) is 4.03. The van der Waals surface area contributed by atoms with Gasteiger partial charge in [0.2, 0.25) is 0 Å². The lowest BCUT2D eigenvalue weighted by Crippen LogP contribution is -2.30. The molecule has 0 aromatic carbocycles. The van der Waals surface area contributed by atoms with E-state index in [0.717, 1.165) is 29.5 Å². The minimum atomic E-state index is 0.467. The maximum atomic E-state index is 6.21. The molecule has 1 aliphatic carbocycles. The Bertz CT molecular complexity index is 428. The van der Waals surface area contributed by atoms with Crippen LogP contribution in [0, 0.1) is 19.8 Å². The van der Waals surface area contributed by atoms with Crippen LogP contribution in [0.2, 0.25) is 5.15 Å². The predicted molar refractivity (Wildman–Crippen MR) is 80.8 cm³/mol. The fourth-order valence-electron chi connectivity index (χ4n) is 2.93. The van der Waals surface area contributed by atoms with Gasteiger partial charge in [-0.2, -0.15) is 0 Å². The molecule has 3 nitrogen and oxygen atoms in total. The average Bonchev–Trinajstić information content (AvgIpc) is 2.42. The lowest BCUT2D eigenvalue weighted by Gasteiger charge is -2.30. The summed E-state index contributed by atoms with van der Waals surface area (Å²) in [5.74, 6) is 1.50. The molecule has 4 heteroatoms. The van der Waals surface area contributed by atoms with Gasteiger partial charge >= 0.3 is 0 Å². The van der Waals surface area contributed by atoms with Crippen molar-refractivity contribution < 1.29 is 0 Å². The standard InChI is InChI=1S/C15H24ClN3/c1-4-13(12-8-6-5-7-9-12)19-15-14(16)17-10(2)11(3)18-15/h12-13H,4-9H2,1-3H3,(H,18,19). The van der Waals surface area contributed by atoms with Crippen molar-refractivity contribution in [2.24, 2.45) is 5.92 Å². The largest absolute Gasteiger partial charge is 0.365 e. The molecule has 2 rings (SSSR count). The number of hydrogen-bond donors (Lipinski definition) is 1. The third kappa shape index (κ3) is 3.59. The van der Waals surface area contributed by atoms with Crippen LogP contribution >= 0.6 is 11.6 Å². The van der Waals surface area contributed by atoms with E-state index >= 15 is 0 Å². The first-order valence-electron chi connectivity index (χ1n) is 7.39. The number of anilines is 1. The third-order valence-electron chi connectivity index (χ3n) is 4.25. The Morgan fingerprint density at radius 2 is 1.79 bits per heavy atom. The van der Waals surface area contributed by atoms with E-state index in [1.165, 1.54) is 32.1 Å². The quantitative estimate of drug-likeness (QED) is 0.882. The number of rotatable bonds is 4. The summed E-state index contributed by atoms with van der Waals surface area (Å²) in [6, 6.07) is 0.467. The van der Waals surface area contributed by atoms with Crippen LogP contribution in [0.25, 0.3) is 0 Å². The van der Waals surface area contributed by atoms with E-state index in [4.69, 9.17) is 11.6 Å². The summed E-state index contributed by atoms with van der Waals surface area (Å²) in [5.41, 5.74) is 1.85. The summed E-state index contributed by atoms with van der Waals surface area (Å²) >= 11 is 6.21. The van der Waals surface area contributed by atoms with Crippen molar-refractivity contribution in [3.63, 3.8) is 0 Å². The minimum absolute atomic E-state index is 0.467. The second-order valence-corrected chi connectivity index (χ2v) is 5.95. The average molecular weight is 282 g/mol. The molecule has 1 heterocycles. The van der Waals surface area contributed by atoms with Gasteiger partial charge in [-0.3, -0.25) is 0 Å². The molecule has 0 amide bonds. The Balaban J connectivity index is 2.11. The van der Waals surface area contributed by atoms with E-state index in [-0.39, 0.29) is 0 Å². The predicted octanol–water partition coefficient (Wildman–Crippen LogP) is 4.52. The molecule has 1 saturated carbocycles. The maximum Gasteiger partial charge on any atom is 0.171 e. The number of nitrogens with one attached hydrogen (secondary N) is 1. The number of aryl methyl sites for hydroxylation is 2. The van der Waals surface area contributed by atoms with Crippen LogP contribution in [0.1, 0.15) is 56.8 Å². The molecular weight excluding hydrogens is 258 g/mol. The van der Waals surface area contributed by atoms with E-state index in [9.17, 15) is 0 Å². The molecule has 106 valence electrons. The molecule has 1 aromatic rings. The second-order valence-electron chi connectivity index (χ2n) is 5.59. The second kappa shape index (κ2) is 6.56. The molecule has 0 radical (unpaired) electrons. The van der Waals surface area contributed by atoms with Gasteiger partial charge in [-0.1, -0.05) is 37.8 Å². The van der Waals surface area contributed by atoms with Crippen LogP contribution in [-0.2, 0) is 0 Å². The number of aromatic nitrogens is 2. The first-order chi connectivity index (χ1) is 9.11. The molecule has 1 unspecified atom stereocenters. The van der Waals surface area contributed by atoms with E-state index < -0.39 is 0 Å². The van der Waals surface area contributed by atoms with Gasteiger partial charge in [0.1, 0.15) is 0 Å². The van der Waals surface area contributed by atoms with E-state index in [0.29, 0.717) is 11.2 Å². The Kier molecular flexibility index (Phi) is 5.03. The van der Waals surface area contributed by atoms with Crippen molar-refractivity contribution in [1.29, 1.82) is 0 Å². The SMILES string of the molecule is CCC(Nc1nc(C)c(C)nc1Cl)C1CCCCC1. The molecule has 1 N–H and O–H groups in total. The van der Waals surface area contributed by atoms with Crippen molar-refractivity contribution in [1.82, 2.24) is 9.97 Å². The van der Waals surface area contributed by atoms with Gasteiger partial charge in [0.15, 0.2) is 11.0 Å². The first-order valence-corrected chi connectivity index (χ1v) is 7.77. The highest BCUT2D eigenvalue weighted by Crippen LogP contribution is 2.30. The molecule has 0 bridgehead atoms. The molecule has 0 saturated heterocycles. The van der Waals surface area contributed by atoms with Crippen LogP contribution in [0.15, 0.2) is 0 Å². The molecule has 19 heavy (non-hydrogen) atoms. The molecule has 0 spiro atoms. The summed E-state index contributed by atoms with van der Waals surface area (Å²) in [4.78, 5) is 8.90. The van der Waals surface area contributed by atoms with Crippen molar-refractivity contribution >= 4 is 17.4 Å². The van der Waals surface area contributed by atoms with Gasteiger partial charge in [-0.15, -0.1) is 0 Å². The molecule has 1 atom stereocenters. The monoisotopic (exact) mass is 281 g/mol. The molecule has 1 fully saturated rings. The molecule has 0 aliphatic heterocycles. The van der Waals surface area contributed by atoms with Crippen LogP contribution in [-0.4, -0.2) is 16.0 Å². The van der Waals surface area contributed by atoms with Gasteiger partial charge < -0.3 is 5.32 Å². The van der Waals surface area contributed by atoms with Crippen LogP contribution < -0.4 is 5.32 Å². The topological polar surface area (TPSA) is 37.8 Å². The third-order valence-corrected chi connectivity index (χ3v) is 4.51. The molecule has 1 aliphatic rings. The summed E-state index contributed by atoms with van der Waals surface area (Å²) < 4.78 is 0. The van der Waals surface area contributed by atoms with E-state index in [2.05, 4.69) is 22.2 Å². The van der Waals surface area contributed by atoms with E-state index in [1.54, 1.807) is 0 Å². The fourth-order valence-corrected chi connectivity index (χ4v) is 3.16. The normalized spacial score (nSPS) is 18.3. The highest BCUT2D eigenvalue weighted by Gasteiger charge is 2.23. The zero-order valence-corrected chi connectivity index (χ0v) is 12.9. The number of hydrogen-bond acceptors (Lipinski definition) is 3. The Hall–Kier alpha value is -0.830. The lowest BCUT2D eigenvalue weighted by atomic mass is 9.83. The summed E-state index contributed by atoms with van der Waals surface area (Å²) in [6.45, 7) is 6.15. The van der Waals surface area contributed by atoms with Gasteiger partial charge in [-0.25, -0.2) is 9.97 Å². The van der Waals surface area contributed by atoms with Crippen LogP contribution in [0.3, 0.4) is 0 Å². The lowest BCUT2D eigenvalue weighted by molar-refractivity contribution is 0.312. The van der Waals surface area contributed by atoms with Gasteiger partial charge in [0.25, 0.3) is 0 Å². The smallest absolute Gasteiger partial charge is 0.171 e. The number of nitrogens with zero attached hydrogens (tertiary/aromatic N) is 2. The van der Waals surface area contributed by atoms with Crippen molar-refractivity contribution in [3.8, 4) is 0 Å². The summed E-state index contributed by atoms with van der Waals surface area (Å²) in [6.07, 6.45) is 7.85. The van der Waals surface area contributed by atoms with Crippen LogP contribution in [0.5, 0.6) is 0 Å². The highest BCUT2D eigenvalue weighted by atomic mass is 35.5. The molecular formula is C15H24ClN3. The molecule has 1 aromatic heterocycles. The first kappa shape index (κ1) is 14.6.